The number of carbonyl (C=O) groups is 1. The van der Waals surface area contributed by atoms with Crippen LogP contribution in [0.25, 0.3) is 0 Å². The second kappa shape index (κ2) is 4.10. The Kier molecular flexibility index (Phi) is 2.91. The molecule has 1 aliphatic carbocycles. The minimum Gasteiger partial charge on any atom is -0.480 e. The average Bonchev–Trinajstić information content (AvgIpc) is 3.01. The van der Waals surface area contributed by atoms with Crippen LogP contribution in [-0.2, 0) is 14.6 Å². The maximum atomic E-state index is 12.7. The summed E-state index contributed by atoms with van der Waals surface area (Å²) >= 11 is 0. The maximum absolute atomic E-state index is 12.7. The maximum Gasteiger partial charge on any atom is 0.322 e. The fourth-order valence-electron chi connectivity index (χ4n) is 1.76. The van der Waals surface area contributed by atoms with Gasteiger partial charge in [-0.3, -0.25) is 4.79 Å². The van der Waals surface area contributed by atoms with Crippen molar-refractivity contribution in [3.8, 4) is 0 Å². The van der Waals surface area contributed by atoms with Gasteiger partial charge in [0, 0.05) is 0 Å². The third kappa shape index (κ3) is 2.31. The fourth-order valence-corrected chi connectivity index (χ4v) is 3.61. The predicted molar refractivity (Wildman–Crippen MR) is 57.7 cm³/mol. The molecule has 0 saturated heterocycles. The molecule has 0 heterocycles. The van der Waals surface area contributed by atoms with Crippen LogP contribution in [0.15, 0.2) is 29.2 Å². The van der Waals surface area contributed by atoms with Crippen molar-refractivity contribution in [1.29, 1.82) is 0 Å². The van der Waals surface area contributed by atoms with E-state index in [0.717, 1.165) is 24.3 Å². The highest BCUT2D eigenvalue weighted by Gasteiger charge is 2.45. The number of sulfone groups is 1. The van der Waals surface area contributed by atoms with Gasteiger partial charge in [0.15, 0.2) is 15.1 Å². The molecule has 92 valence electrons. The molecule has 1 atom stereocenters. The van der Waals surface area contributed by atoms with Crippen molar-refractivity contribution >= 4 is 15.8 Å². The number of carboxylic acid groups (broad SMARTS) is 1. The average molecular weight is 258 g/mol. The molecule has 0 amide bonds. The van der Waals surface area contributed by atoms with Gasteiger partial charge in [0.2, 0.25) is 0 Å². The second-order valence-corrected chi connectivity index (χ2v) is 6.16. The van der Waals surface area contributed by atoms with Crippen LogP contribution in [0.4, 0.5) is 4.39 Å². The van der Waals surface area contributed by atoms with E-state index in [1.54, 1.807) is 0 Å². The number of rotatable bonds is 4. The van der Waals surface area contributed by atoms with E-state index in [2.05, 4.69) is 0 Å². The zero-order valence-electron chi connectivity index (χ0n) is 8.84. The van der Waals surface area contributed by atoms with Crippen LogP contribution in [0.1, 0.15) is 12.8 Å². The van der Waals surface area contributed by atoms with Gasteiger partial charge in [-0.1, -0.05) is 0 Å². The van der Waals surface area contributed by atoms with Gasteiger partial charge in [0.05, 0.1) is 4.90 Å². The third-order valence-corrected chi connectivity index (χ3v) is 4.95. The number of hydrogen-bond donors (Lipinski definition) is 1. The Bertz CT molecular complexity index is 531. The molecular weight excluding hydrogens is 247 g/mol. The van der Waals surface area contributed by atoms with Crippen molar-refractivity contribution in [2.75, 3.05) is 0 Å². The molecule has 0 aromatic heterocycles. The van der Waals surface area contributed by atoms with Gasteiger partial charge in [-0.2, -0.15) is 0 Å². The van der Waals surface area contributed by atoms with Gasteiger partial charge >= 0.3 is 5.97 Å². The summed E-state index contributed by atoms with van der Waals surface area (Å²) in [4.78, 5) is 10.9. The van der Waals surface area contributed by atoms with E-state index in [-0.39, 0.29) is 10.8 Å². The molecule has 0 radical (unpaired) electrons. The zero-order valence-corrected chi connectivity index (χ0v) is 9.65. The molecule has 0 bridgehead atoms. The highest BCUT2D eigenvalue weighted by Crippen LogP contribution is 2.38. The van der Waals surface area contributed by atoms with E-state index >= 15 is 0 Å². The lowest BCUT2D eigenvalue weighted by atomic mass is 10.3. The lowest BCUT2D eigenvalue weighted by molar-refractivity contribution is -0.136. The van der Waals surface area contributed by atoms with Crippen LogP contribution in [-0.4, -0.2) is 24.7 Å². The molecule has 1 aromatic rings. The first-order chi connectivity index (χ1) is 7.93. The summed E-state index contributed by atoms with van der Waals surface area (Å²) in [5.41, 5.74) is 0. The molecule has 1 saturated carbocycles. The lowest BCUT2D eigenvalue weighted by Gasteiger charge is -2.12. The molecule has 1 unspecified atom stereocenters. The van der Waals surface area contributed by atoms with Crippen LogP contribution >= 0.6 is 0 Å². The van der Waals surface area contributed by atoms with Crippen LogP contribution in [0.2, 0.25) is 0 Å². The molecular formula is C11H11FO4S. The van der Waals surface area contributed by atoms with Gasteiger partial charge < -0.3 is 5.11 Å². The fraction of sp³-hybridized carbons (Fsp3) is 0.364. The topological polar surface area (TPSA) is 71.4 Å². The van der Waals surface area contributed by atoms with Crippen LogP contribution in [0, 0.1) is 11.7 Å². The first-order valence-corrected chi connectivity index (χ1v) is 6.70. The number of carboxylic acids is 1. The molecule has 0 aliphatic heterocycles. The van der Waals surface area contributed by atoms with Crippen LogP contribution in [0.3, 0.4) is 0 Å². The van der Waals surface area contributed by atoms with Crippen molar-refractivity contribution < 1.29 is 22.7 Å². The van der Waals surface area contributed by atoms with E-state index in [1.165, 1.54) is 0 Å². The Morgan fingerprint density at radius 3 is 2.24 bits per heavy atom. The molecule has 1 N–H and O–H groups in total. The summed E-state index contributed by atoms with van der Waals surface area (Å²) in [5, 5.41) is 7.57. The Morgan fingerprint density at radius 1 is 1.29 bits per heavy atom. The first kappa shape index (κ1) is 12.0. The van der Waals surface area contributed by atoms with E-state index in [0.29, 0.717) is 12.8 Å². The predicted octanol–water partition coefficient (Wildman–Crippen LogP) is 1.46. The zero-order chi connectivity index (χ0) is 12.6. The minimum atomic E-state index is -3.92. The Morgan fingerprint density at radius 2 is 1.82 bits per heavy atom. The first-order valence-electron chi connectivity index (χ1n) is 5.15. The van der Waals surface area contributed by atoms with Gasteiger partial charge in [-0.25, -0.2) is 12.8 Å². The molecule has 4 nitrogen and oxygen atoms in total. The van der Waals surface area contributed by atoms with Crippen molar-refractivity contribution in [1.82, 2.24) is 0 Å². The van der Waals surface area contributed by atoms with E-state index in [1.807, 2.05) is 0 Å². The van der Waals surface area contributed by atoms with Gasteiger partial charge in [-0.05, 0) is 43.0 Å². The quantitative estimate of drug-likeness (QED) is 0.830. The smallest absolute Gasteiger partial charge is 0.322 e. The van der Waals surface area contributed by atoms with Crippen molar-refractivity contribution in [3.05, 3.63) is 30.1 Å². The Hall–Kier alpha value is -1.43. The molecule has 17 heavy (non-hydrogen) atoms. The van der Waals surface area contributed by atoms with Crippen molar-refractivity contribution in [2.24, 2.45) is 5.92 Å². The third-order valence-electron chi connectivity index (χ3n) is 2.77. The molecule has 1 aromatic carbocycles. The monoisotopic (exact) mass is 258 g/mol. The van der Waals surface area contributed by atoms with Crippen molar-refractivity contribution in [3.63, 3.8) is 0 Å². The summed E-state index contributed by atoms with van der Waals surface area (Å²) < 4.78 is 36.8. The summed E-state index contributed by atoms with van der Waals surface area (Å²) in [6.45, 7) is 0. The van der Waals surface area contributed by atoms with Crippen molar-refractivity contribution in [2.45, 2.75) is 23.0 Å². The normalized spacial score (nSPS) is 17.7. The van der Waals surface area contributed by atoms with E-state index in [4.69, 9.17) is 5.11 Å². The number of benzene rings is 1. The Labute approximate surface area is 98.0 Å². The standard InChI is InChI=1S/C11H11FO4S/c12-8-3-5-9(6-4-8)17(15,16)10(11(13)14)7-1-2-7/h3-7,10H,1-2H2,(H,13,14). The van der Waals surface area contributed by atoms with Gasteiger partial charge in [0.25, 0.3) is 0 Å². The van der Waals surface area contributed by atoms with Gasteiger partial charge in [0.1, 0.15) is 5.82 Å². The molecule has 1 aliphatic rings. The number of aliphatic carboxylic acids is 1. The van der Waals surface area contributed by atoms with Gasteiger partial charge in [-0.15, -0.1) is 0 Å². The largest absolute Gasteiger partial charge is 0.480 e. The number of hydrogen-bond acceptors (Lipinski definition) is 3. The summed E-state index contributed by atoms with van der Waals surface area (Å²) in [5.74, 6) is -2.21. The second-order valence-electron chi connectivity index (χ2n) is 4.10. The molecule has 2 rings (SSSR count). The SMILES string of the molecule is O=C(O)C(C1CC1)S(=O)(=O)c1ccc(F)cc1. The number of halogens is 1. The minimum absolute atomic E-state index is 0.141. The highest BCUT2D eigenvalue weighted by atomic mass is 32.2. The van der Waals surface area contributed by atoms with E-state index < -0.39 is 26.9 Å². The van der Waals surface area contributed by atoms with E-state index in [9.17, 15) is 17.6 Å². The molecule has 1 fully saturated rings. The summed E-state index contributed by atoms with van der Waals surface area (Å²) in [6, 6.07) is 4.23. The van der Waals surface area contributed by atoms with Crippen LogP contribution < -0.4 is 0 Å². The highest BCUT2D eigenvalue weighted by molar-refractivity contribution is 7.92. The summed E-state index contributed by atoms with van der Waals surface area (Å²) in [6.07, 6.45) is 1.22. The molecule has 6 heteroatoms. The summed E-state index contributed by atoms with van der Waals surface area (Å²) in [7, 11) is -3.92. The lowest BCUT2D eigenvalue weighted by Crippen LogP contribution is -2.32. The Balaban J connectivity index is 2.40. The van der Waals surface area contributed by atoms with Crippen LogP contribution in [0.5, 0.6) is 0 Å². The molecule has 0 spiro atoms.